The normalized spacial score (nSPS) is 14.8. The molecule has 1 N–H and O–H groups in total. The summed E-state index contributed by atoms with van der Waals surface area (Å²) >= 11 is 0. The maximum Gasteiger partial charge on any atom is 0.287 e. The minimum Gasteiger partial charge on any atom is -0.459 e. The van der Waals surface area contributed by atoms with E-state index in [1.807, 2.05) is 45.0 Å². The molecule has 1 unspecified atom stereocenters. The van der Waals surface area contributed by atoms with Crippen molar-refractivity contribution in [2.24, 2.45) is 5.92 Å². The summed E-state index contributed by atoms with van der Waals surface area (Å²) in [5.41, 5.74) is 2.64. The molecule has 1 atom stereocenters. The Labute approximate surface area is 141 Å². The molecule has 2 amide bonds. The first-order valence-electron chi connectivity index (χ1n) is 8.23. The van der Waals surface area contributed by atoms with E-state index in [0.717, 1.165) is 11.3 Å². The lowest BCUT2D eigenvalue weighted by Gasteiger charge is -2.19. The van der Waals surface area contributed by atoms with E-state index >= 15 is 0 Å². The molecule has 1 aliphatic heterocycles. The van der Waals surface area contributed by atoms with E-state index in [1.54, 1.807) is 11.0 Å². The number of carbonyl (C=O) groups excluding carboxylic acids is 2. The van der Waals surface area contributed by atoms with Crippen molar-refractivity contribution in [3.8, 4) is 0 Å². The van der Waals surface area contributed by atoms with Gasteiger partial charge in [0.15, 0.2) is 5.76 Å². The first-order valence-corrected chi connectivity index (χ1v) is 8.23. The van der Waals surface area contributed by atoms with Gasteiger partial charge in [-0.3, -0.25) is 9.59 Å². The number of hydrogen-bond donors (Lipinski definition) is 1. The Hall–Kier alpha value is -2.56. The molecule has 3 rings (SSSR count). The molecule has 0 spiro atoms. The summed E-state index contributed by atoms with van der Waals surface area (Å²) in [6, 6.07) is 9.53. The Kier molecular flexibility index (Phi) is 4.42. The highest BCUT2D eigenvalue weighted by atomic mass is 16.3. The highest BCUT2D eigenvalue weighted by Gasteiger charge is 2.29. The molecule has 1 aromatic carbocycles. The Morgan fingerprint density at radius 3 is 2.75 bits per heavy atom. The van der Waals surface area contributed by atoms with Gasteiger partial charge in [0, 0.05) is 17.3 Å². The molecular weight excluding hydrogens is 304 g/mol. The second kappa shape index (κ2) is 6.51. The number of nitrogens with zero attached hydrogens (tertiary/aromatic N) is 1. The van der Waals surface area contributed by atoms with E-state index in [1.165, 1.54) is 6.26 Å². The lowest BCUT2D eigenvalue weighted by atomic mass is 10.1. The Balaban J connectivity index is 1.79. The average Bonchev–Trinajstić information content (AvgIpc) is 3.12. The number of furan rings is 1. The first kappa shape index (κ1) is 16.3. The summed E-state index contributed by atoms with van der Waals surface area (Å²) in [4.78, 5) is 26.4. The van der Waals surface area contributed by atoms with Gasteiger partial charge in [-0.05, 0) is 30.5 Å². The summed E-state index contributed by atoms with van der Waals surface area (Å²) < 4.78 is 5.39. The summed E-state index contributed by atoms with van der Waals surface area (Å²) in [5.74, 6) is 0.412. The van der Waals surface area contributed by atoms with Crippen LogP contribution in [-0.2, 0) is 17.8 Å². The number of para-hydroxylation sites is 1. The van der Waals surface area contributed by atoms with Crippen LogP contribution in [0.2, 0.25) is 0 Å². The SMILES string of the molecule is CC(C)C(C)NC(=O)c1occc1CN1C(=O)Cc2ccccc21. The van der Waals surface area contributed by atoms with Crippen LogP contribution in [0, 0.1) is 5.92 Å². The smallest absolute Gasteiger partial charge is 0.287 e. The van der Waals surface area contributed by atoms with Crippen molar-refractivity contribution < 1.29 is 14.0 Å². The molecule has 0 saturated carbocycles. The van der Waals surface area contributed by atoms with Gasteiger partial charge in [0.1, 0.15) is 0 Å². The quantitative estimate of drug-likeness (QED) is 0.918. The molecule has 0 fully saturated rings. The van der Waals surface area contributed by atoms with Crippen molar-refractivity contribution >= 4 is 17.5 Å². The van der Waals surface area contributed by atoms with Crippen LogP contribution in [0.25, 0.3) is 0 Å². The summed E-state index contributed by atoms with van der Waals surface area (Å²) in [7, 11) is 0. The zero-order chi connectivity index (χ0) is 17.3. The van der Waals surface area contributed by atoms with E-state index in [4.69, 9.17) is 4.42 Å². The van der Waals surface area contributed by atoms with Crippen molar-refractivity contribution in [1.82, 2.24) is 5.32 Å². The zero-order valence-electron chi connectivity index (χ0n) is 14.2. The number of amides is 2. The number of rotatable bonds is 5. The molecule has 24 heavy (non-hydrogen) atoms. The van der Waals surface area contributed by atoms with Crippen LogP contribution in [-0.4, -0.2) is 17.9 Å². The lowest BCUT2D eigenvalue weighted by molar-refractivity contribution is -0.117. The van der Waals surface area contributed by atoms with E-state index in [2.05, 4.69) is 5.32 Å². The number of anilines is 1. The van der Waals surface area contributed by atoms with Crippen LogP contribution in [0.15, 0.2) is 41.0 Å². The first-order chi connectivity index (χ1) is 11.5. The fourth-order valence-corrected chi connectivity index (χ4v) is 2.76. The van der Waals surface area contributed by atoms with Gasteiger partial charge in [0.25, 0.3) is 5.91 Å². The van der Waals surface area contributed by atoms with Crippen LogP contribution < -0.4 is 10.2 Å². The summed E-state index contributed by atoms with van der Waals surface area (Å²) in [6.07, 6.45) is 1.90. The Bertz CT molecular complexity index is 763. The van der Waals surface area contributed by atoms with E-state index in [9.17, 15) is 9.59 Å². The van der Waals surface area contributed by atoms with Gasteiger partial charge < -0.3 is 14.6 Å². The standard InChI is InChI=1S/C19H22N2O3/c1-12(2)13(3)20-19(23)18-15(8-9-24-18)11-21-16-7-5-4-6-14(16)10-17(21)22/h4-9,12-13H,10-11H2,1-3H3,(H,20,23). The topological polar surface area (TPSA) is 62.6 Å². The summed E-state index contributed by atoms with van der Waals surface area (Å²) in [6.45, 7) is 6.40. The number of benzene rings is 1. The van der Waals surface area contributed by atoms with E-state index in [0.29, 0.717) is 24.4 Å². The average molecular weight is 326 g/mol. The molecule has 5 heteroatoms. The fourth-order valence-electron chi connectivity index (χ4n) is 2.76. The number of hydrogen-bond acceptors (Lipinski definition) is 3. The molecule has 1 aromatic heterocycles. The van der Waals surface area contributed by atoms with Gasteiger partial charge in [0.05, 0.1) is 19.2 Å². The minimum atomic E-state index is -0.240. The molecule has 126 valence electrons. The van der Waals surface area contributed by atoms with Crippen LogP contribution in [0.3, 0.4) is 0 Å². The number of carbonyl (C=O) groups is 2. The van der Waals surface area contributed by atoms with Gasteiger partial charge >= 0.3 is 0 Å². The monoisotopic (exact) mass is 326 g/mol. The second-order valence-electron chi connectivity index (χ2n) is 6.57. The molecule has 2 heterocycles. The largest absolute Gasteiger partial charge is 0.459 e. The van der Waals surface area contributed by atoms with Gasteiger partial charge in [-0.1, -0.05) is 32.0 Å². The number of nitrogens with one attached hydrogen (secondary N) is 1. The van der Waals surface area contributed by atoms with Gasteiger partial charge in [-0.25, -0.2) is 0 Å². The zero-order valence-corrected chi connectivity index (χ0v) is 14.2. The number of fused-ring (bicyclic) bond motifs is 1. The predicted octanol–water partition coefficient (Wildman–Crippen LogP) is 3.14. The molecule has 0 aliphatic carbocycles. The predicted molar refractivity (Wildman–Crippen MR) is 91.8 cm³/mol. The fraction of sp³-hybridized carbons (Fsp3) is 0.368. The van der Waals surface area contributed by atoms with Crippen molar-refractivity contribution in [3.63, 3.8) is 0 Å². The molecule has 0 bridgehead atoms. The third kappa shape index (κ3) is 3.07. The van der Waals surface area contributed by atoms with Gasteiger partial charge in [-0.15, -0.1) is 0 Å². The highest BCUT2D eigenvalue weighted by molar-refractivity contribution is 6.01. The van der Waals surface area contributed by atoms with Crippen LogP contribution in [0.4, 0.5) is 5.69 Å². The molecule has 0 radical (unpaired) electrons. The van der Waals surface area contributed by atoms with Crippen molar-refractivity contribution in [2.45, 2.75) is 39.8 Å². The second-order valence-corrected chi connectivity index (χ2v) is 6.57. The maximum absolute atomic E-state index is 12.4. The lowest BCUT2D eigenvalue weighted by Crippen LogP contribution is -2.36. The van der Waals surface area contributed by atoms with Crippen molar-refractivity contribution in [3.05, 3.63) is 53.5 Å². The van der Waals surface area contributed by atoms with Crippen molar-refractivity contribution in [2.75, 3.05) is 4.90 Å². The Morgan fingerprint density at radius 1 is 1.25 bits per heavy atom. The maximum atomic E-state index is 12.4. The molecule has 5 nitrogen and oxygen atoms in total. The van der Waals surface area contributed by atoms with Gasteiger partial charge in [0.2, 0.25) is 5.91 Å². The van der Waals surface area contributed by atoms with Gasteiger partial charge in [-0.2, -0.15) is 0 Å². The Morgan fingerprint density at radius 2 is 2.00 bits per heavy atom. The van der Waals surface area contributed by atoms with E-state index in [-0.39, 0.29) is 23.6 Å². The highest BCUT2D eigenvalue weighted by Crippen LogP contribution is 2.30. The molecule has 1 aliphatic rings. The van der Waals surface area contributed by atoms with Crippen LogP contribution in [0.1, 0.15) is 42.5 Å². The molecule has 0 saturated heterocycles. The third-order valence-corrected chi connectivity index (χ3v) is 4.57. The van der Waals surface area contributed by atoms with Crippen molar-refractivity contribution in [1.29, 1.82) is 0 Å². The summed E-state index contributed by atoms with van der Waals surface area (Å²) in [5, 5.41) is 2.94. The van der Waals surface area contributed by atoms with Crippen LogP contribution >= 0.6 is 0 Å². The van der Waals surface area contributed by atoms with Crippen LogP contribution in [0.5, 0.6) is 0 Å². The third-order valence-electron chi connectivity index (χ3n) is 4.57. The van der Waals surface area contributed by atoms with E-state index < -0.39 is 0 Å². The molecule has 2 aromatic rings. The molecular formula is C19H22N2O3. The minimum absolute atomic E-state index is 0.0410.